The summed E-state index contributed by atoms with van der Waals surface area (Å²) >= 11 is 0. The molecule has 2 fully saturated rings. The summed E-state index contributed by atoms with van der Waals surface area (Å²) in [6.45, 7) is 0.672. The summed E-state index contributed by atoms with van der Waals surface area (Å²) in [5.74, 6) is -0.495. The first-order valence-electron chi connectivity index (χ1n) is 5.54. The van der Waals surface area contributed by atoms with Crippen LogP contribution in [0, 0.1) is 0 Å². The van der Waals surface area contributed by atoms with Gasteiger partial charge in [-0.05, 0) is 19.3 Å². The van der Waals surface area contributed by atoms with Crippen LogP contribution in [0.15, 0.2) is 0 Å². The van der Waals surface area contributed by atoms with Gasteiger partial charge >= 0.3 is 0 Å². The van der Waals surface area contributed by atoms with Gasteiger partial charge in [0.05, 0.1) is 0 Å². The molecule has 0 aromatic heterocycles. The van der Waals surface area contributed by atoms with E-state index in [2.05, 4.69) is 16.0 Å². The van der Waals surface area contributed by atoms with Gasteiger partial charge < -0.3 is 16.0 Å². The lowest BCUT2D eigenvalue weighted by Gasteiger charge is -2.24. The van der Waals surface area contributed by atoms with Crippen LogP contribution in [0.2, 0.25) is 0 Å². The highest BCUT2D eigenvalue weighted by atomic mass is 16.2. The Morgan fingerprint density at radius 1 is 1.31 bits per heavy atom. The number of rotatable bonds is 2. The van der Waals surface area contributed by atoms with E-state index in [4.69, 9.17) is 0 Å². The molecule has 2 aliphatic rings. The van der Waals surface area contributed by atoms with Crippen LogP contribution in [0.1, 0.15) is 25.7 Å². The first-order valence-corrected chi connectivity index (χ1v) is 5.54. The van der Waals surface area contributed by atoms with Crippen LogP contribution < -0.4 is 16.0 Å². The van der Waals surface area contributed by atoms with Crippen LogP contribution in [0.3, 0.4) is 0 Å². The van der Waals surface area contributed by atoms with Crippen molar-refractivity contribution >= 4 is 17.7 Å². The smallest absolute Gasteiger partial charge is 0.243 e. The Hall–Kier alpha value is -1.59. The average Bonchev–Trinajstić information content (AvgIpc) is 2.68. The van der Waals surface area contributed by atoms with Gasteiger partial charge in [0.25, 0.3) is 0 Å². The molecule has 3 amide bonds. The molecule has 16 heavy (non-hydrogen) atoms. The molecule has 2 rings (SSSR count). The Labute approximate surface area is 93.1 Å². The maximum atomic E-state index is 11.7. The molecule has 0 bridgehead atoms. The average molecular weight is 225 g/mol. The molecule has 0 spiro atoms. The Morgan fingerprint density at radius 2 is 2.12 bits per heavy atom. The highest BCUT2D eigenvalue weighted by Crippen LogP contribution is 2.08. The van der Waals surface area contributed by atoms with Crippen LogP contribution >= 0.6 is 0 Å². The summed E-state index contributed by atoms with van der Waals surface area (Å²) in [4.78, 5) is 34.0. The normalized spacial score (nSPS) is 29.5. The van der Waals surface area contributed by atoms with Crippen LogP contribution in [0.5, 0.6) is 0 Å². The highest BCUT2D eigenvalue weighted by molar-refractivity contribution is 5.94. The minimum Gasteiger partial charge on any atom is -0.354 e. The van der Waals surface area contributed by atoms with E-state index in [1.807, 2.05) is 0 Å². The Kier molecular flexibility index (Phi) is 3.07. The van der Waals surface area contributed by atoms with Gasteiger partial charge in [0, 0.05) is 13.0 Å². The van der Waals surface area contributed by atoms with Crippen molar-refractivity contribution in [3.05, 3.63) is 0 Å². The summed E-state index contributed by atoms with van der Waals surface area (Å²) in [5, 5.41) is 7.94. The maximum Gasteiger partial charge on any atom is 0.243 e. The van der Waals surface area contributed by atoms with E-state index in [0.29, 0.717) is 25.8 Å². The quantitative estimate of drug-likeness (QED) is 0.543. The summed E-state index contributed by atoms with van der Waals surface area (Å²) in [5.41, 5.74) is 0. The lowest BCUT2D eigenvalue weighted by atomic mass is 10.1. The van der Waals surface area contributed by atoms with Gasteiger partial charge in [-0.3, -0.25) is 14.4 Å². The van der Waals surface area contributed by atoms with Crippen molar-refractivity contribution in [2.75, 3.05) is 6.54 Å². The molecule has 0 saturated carbocycles. The van der Waals surface area contributed by atoms with Crippen LogP contribution in [-0.4, -0.2) is 36.3 Å². The number of nitrogens with one attached hydrogen (secondary N) is 3. The number of piperidine rings is 1. The third-order valence-electron chi connectivity index (χ3n) is 2.91. The molecular weight excluding hydrogens is 210 g/mol. The minimum absolute atomic E-state index is 0.103. The van der Waals surface area contributed by atoms with Crippen LogP contribution in [-0.2, 0) is 14.4 Å². The zero-order valence-electron chi connectivity index (χ0n) is 8.91. The number of hydrogen-bond donors (Lipinski definition) is 3. The molecule has 6 heteroatoms. The van der Waals surface area contributed by atoms with Gasteiger partial charge in [-0.25, -0.2) is 0 Å². The summed E-state index contributed by atoms with van der Waals surface area (Å²) in [6, 6.07) is -0.916. The van der Waals surface area contributed by atoms with Crippen molar-refractivity contribution in [3.63, 3.8) is 0 Å². The van der Waals surface area contributed by atoms with Gasteiger partial charge in [0.2, 0.25) is 17.7 Å². The fraction of sp³-hybridized carbons (Fsp3) is 0.700. The van der Waals surface area contributed by atoms with Gasteiger partial charge in [0.1, 0.15) is 12.1 Å². The zero-order chi connectivity index (χ0) is 11.5. The molecular formula is C10H15N3O3. The van der Waals surface area contributed by atoms with Gasteiger partial charge in [-0.1, -0.05) is 0 Å². The van der Waals surface area contributed by atoms with Crippen molar-refractivity contribution in [1.82, 2.24) is 16.0 Å². The lowest BCUT2D eigenvalue weighted by molar-refractivity contribution is -0.131. The van der Waals surface area contributed by atoms with E-state index in [1.165, 1.54) is 0 Å². The summed E-state index contributed by atoms with van der Waals surface area (Å²) in [6.07, 6.45) is 2.43. The zero-order valence-corrected chi connectivity index (χ0v) is 8.91. The summed E-state index contributed by atoms with van der Waals surface area (Å²) in [7, 11) is 0. The monoisotopic (exact) mass is 225 g/mol. The highest BCUT2D eigenvalue weighted by Gasteiger charge is 2.31. The number of carbonyl (C=O) groups excluding carboxylic acids is 3. The lowest BCUT2D eigenvalue weighted by Crippen LogP contribution is -2.54. The molecule has 3 N–H and O–H groups in total. The summed E-state index contributed by atoms with van der Waals surface area (Å²) < 4.78 is 0. The van der Waals surface area contributed by atoms with Gasteiger partial charge in [0.15, 0.2) is 0 Å². The molecule has 2 unspecified atom stereocenters. The minimum atomic E-state index is -0.470. The van der Waals surface area contributed by atoms with E-state index in [9.17, 15) is 14.4 Å². The molecule has 2 heterocycles. The molecule has 0 aliphatic carbocycles. The molecule has 0 aromatic rings. The first kappa shape index (κ1) is 10.9. The topological polar surface area (TPSA) is 87.3 Å². The molecule has 0 radical (unpaired) electrons. The number of carbonyl (C=O) groups is 3. The van der Waals surface area contributed by atoms with Crippen LogP contribution in [0.4, 0.5) is 0 Å². The fourth-order valence-electron chi connectivity index (χ4n) is 1.99. The molecule has 2 saturated heterocycles. The second-order valence-electron chi connectivity index (χ2n) is 4.15. The van der Waals surface area contributed by atoms with Crippen LogP contribution in [0.25, 0.3) is 0 Å². The number of hydrogen-bond acceptors (Lipinski definition) is 3. The molecule has 0 aromatic carbocycles. The second-order valence-corrected chi connectivity index (χ2v) is 4.15. The third kappa shape index (κ3) is 2.32. The largest absolute Gasteiger partial charge is 0.354 e. The van der Waals surface area contributed by atoms with Crippen molar-refractivity contribution in [2.24, 2.45) is 0 Å². The van der Waals surface area contributed by atoms with E-state index in [0.717, 1.165) is 6.42 Å². The van der Waals surface area contributed by atoms with E-state index in [1.54, 1.807) is 0 Å². The van der Waals surface area contributed by atoms with E-state index >= 15 is 0 Å². The third-order valence-corrected chi connectivity index (χ3v) is 2.91. The SMILES string of the molecule is O=C1CCC(C(=O)NC2CCCNC2=O)N1. The van der Waals surface area contributed by atoms with Crippen molar-refractivity contribution in [2.45, 2.75) is 37.8 Å². The predicted molar refractivity (Wildman–Crippen MR) is 55.3 cm³/mol. The predicted octanol–water partition coefficient (Wildman–Crippen LogP) is -1.34. The Bertz CT molecular complexity index is 329. The Morgan fingerprint density at radius 3 is 2.75 bits per heavy atom. The number of amides is 3. The van der Waals surface area contributed by atoms with Crippen molar-refractivity contribution in [1.29, 1.82) is 0 Å². The van der Waals surface area contributed by atoms with Crippen molar-refractivity contribution in [3.8, 4) is 0 Å². The first-order chi connectivity index (χ1) is 7.66. The molecule has 88 valence electrons. The standard InChI is InChI=1S/C10H15N3O3/c14-8-4-3-7(12-8)10(16)13-6-2-1-5-11-9(6)15/h6-7H,1-5H2,(H,11,15)(H,12,14)(H,13,16). The second kappa shape index (κ2) is 4.51. The van der Waals surface area contributed by atoms with E-state index in [-0.39, 0.29) is 17.7 Å². The maximum absolute atomic E-state index is 11.7. The van der Waals surface area contributed by atoms with Gasteiger partial charge in [-0.2, -0.15) is 0 Å². The Balaban J connectivity index is 1.86. The molecule has 2 atom stereocenters. The molecule has 6 nitrogen and oxygen atoms in total. The van der Waals surface area contributed by atoms with E-state index < -0.39 is 12.1 Å². The van der Waals surface area contributed by atoms with Crippen molar-refractivity contribution < 1.29 is 14.4 Å². The fourth-order valence-corrected chi connectivity index (χ4v) is 1.99. The molecule has 2 aliphatic heterocycles. The van der Waals surface area contributed by atoms with Gasteiger partial charge in [-0.15, -0.1) is 0 Å².